The van der Waals surface area contributed by atoms with Crippen molar-refractivity contribution < 1.29 is 14.4 Å². The number of carbonyl (C=O) groups is 1. The van der Waals surface area contributed by atoms with Gasteiger partial charge in [0.2, 0.25) is 0 Å². The zero-order valence-electron chi connectivity index (χ0n) is 11.9. The number of hydrogen-bond donors (Lipinski definition) is 4. The zero-order valence-corrected chi connectivity index (χ0v) is 11.9. The van der Waals surface area contributed by atoms with Crippen LogP contribution < -0.4 is 15.5 Å². The summed E-state index contributed by atoms with van der Waals surface area (Å²) in [5, 5.41) is 6.81. The van der Waals surface area contributed by atoms with Crippen LogP contribution in [0.4, 0.5) is 10.5 Å². The van der Waals surface area contributed by atoms with E-state index in [-0.39, 0.29) is 6.03 Å². The van der Waals surface area contributed by atoms with Crippen molar-refractivity contribution in [3.05, 3.63) is 30.5 Å². The van der Waals surface area contributed by atoms with Crippen molar-refractivity contribution in [3.8, 4) is 0 Å². The van der Waals surface area contributed by atoms with Crippen molar-refractivity contribution in [3.63, 3.8) is 0 Å². The van der Waals surface area contributed by atoms with E-state index in [2.05, 4.69) is 15.6 Å². The number of ether oxygens (including phenoxy) is 1. The molecule has 0 spiro atoms. The number of fused-ring (bicyclic) bond motifs is 1. The molecule has 4 N–H and O–H groups in total. The van der Waals surface area contributed by atoms with E-state index < -0.39 is 0 Å². The number of hydrogen-bond acceptors (Lipinski definition) is 2. The average Bonchev–Trinajstić information content (AvgIpc) is 2.92. The number of urea groups is 1. The molecule has 0 saturated carbocycles. The van der Waals surface area contributed by atoms with Crippen molar-refractivity contribution in [1.29, 1.82) is 0 Å². The Labute approximate surface area is 123 Å². The van der Waals surface area contributed by atoms with E-state index >= 15 is 0 Å². The number of benzene rings is 1. The monoisotopic (exact) mass is 289 g/mol. The molecular weight excluding hydrogens is 268 g/mol. The first kappa shape index (κ1) is 13.9. The molecule has 21 heavy (non-hydrogen) atoms. The number of para-hydroxylation sites is 1. The Bertz CT molecular complexity index is 604. The van der Waals surface area contributed by atoms with Crippen molar-refractivity contribution in [2.45, 2.75) is 0 Å². The fraction of sp³-hybridized carbons (Fsp3) is 0.400. The van der Waals surface area contributed by atoms with Gasteiger partial charge in [0.15, 0.2) is 0 Å². The summed E-state index contributed by atoms with van der Waals surface area (Å²) in [6.45, 7) is 5.28. The summed E-state index contributed by atoms with van der Waals surface area (Å²) in [6.07, 6.45) is 1.82. The number of aromatic amines is 1. The second-order valence-corrected chi connectivity index (χ2v) is 5.24. The standard InChI is InChI=1S/C15H20N4O2/c20-15(16-5-6-19-7-9-21-10-8-19)18-14-11-17-13-4-2-1-3-12(13)14/h1-4,11,17H,5-10H2,(H2,16,18,20)/p+1. The number of nitrogens with one attached hydrogen (secondary N) is 4. The van der Waals surface area contributed by atoms with Gasteiger partial charge in [0, 0.05) is 17.1 Å². The maximum Gasteiger partial charge on any atom is 0.319 e. The molecule has 1 aliphatic rings. The Morgan fingerprint density at radius 2 is 2.10 bits per heavy atom. The van der Waals surface area contributed by atoms with E-state index in [1.54, 1.807) is 0 Å². The highest BCUT2D eigenvalue weighted by Gasteiger charge is 2.13. The molecule has 0 atom stereocenters. The molecular formula is C15H21N4O2+. The number of H-pyrrole nitrogens is 1. The summed E-state index contributed by atoms with van der Waals surface area (Å²) in [7, 11) is 0. The fourth-order valence-electron chi connectivity index (χ4n) is 2.60. The van der Waals surface area contributed by atoms with Crippen LogP contribution in [0, 0.1) is 0 Å². The van der Waals surface area contributed by atoms with Crippen LogP contribution in [0.25, 0.3) is 10.9 Å². The fourth-order valence-corrected chi connectivity index (χ4v) is 2.60. The van der Waals surface area contributed by atoms with E-state index in [9.17, 15) is 4.79 Å². The lowest BCUT2D eigenvalue weighted by atomic mass is 10.2. The maximum atomic E-state index is 11.9. The minimum atomic E-state index is -0.160. The number of anilines is 1. The number of rotatable bonds is 4. The van der Waals surface area contributed by atoms with E-state index in [4.69, 9.17) is 4.74 Å². The molecule has 2 aromatic rings. The minimum Gasteiger partial charge on any atom is -0.370 e. The Balaban J connectivity index is 1.47. The zero-order chi connectivity index (χ0) is 14.5. The van der Waals surface area contributed by atoms with Crippen molar-refractivity contribution in [1.82, 2.24) is 10.3 Å². The molecule has 2 amide bonds. The largest absolute Gasteiger partial charge is 0.370 e. The number of amides is 2. The third-order valence-electron chi connectivity index (χ3n) is 3.80. The lowest BCUT2D eigenvalue weighted by Crippen LogP contribution is -3.14. The number of carbonyl (C=O) groups excluding carboxylic acids is 1. The molecule has 1 aromatic heterocycles. The summed E-state index contributed by atoms with van der Waals surface area (Å²) in [6, 6.07) is 7.74. The summed E-state index contributed by atoms with van der Waals surface area (Å²) in [4.78, 5) is 16.5. The summed E-state index contributed by atoms with van der Waals surface area (Å²) >= 11 is 0. The molecule has 0 aliphatic carbocycles. The van der Waals surface area contributed by atoms with Gasteiger partial charge in [0.1, 0.15) is 13.1 Å². The molecule has 1 aromatic carbocycles. The van der Waals surface area contributed by atoms with Gasteiger partial charge in [-0.2, -0.15) is 0 Å². The Morgan fingerprint density at radius 3 is 2.95 bits per heavy atom. The molecule has 0 bridgehead atoms. The van der Waals surface area contributed by atoms with Crippen LogP contribution in [-0.4, -0.2) is 50.4 Å². The van der Waals surface area contributed by atoms with Gasteiger partial charge in [-0.05, 0) is 6.07 Å². The first-order valence-electron chi connectivity index (χ1n) is 7.35. The van der Waals surface area contributed by atoms with E-state index in [0.717, 1.165) is 49.4 Å². The smallest absolute Gasteiger partial charge is 0.319 e. The summed E-state index contributed by atoms with van der Waals surface area (Å²) in [5.74, 6) is 0. The lowest BCUT2D eigenvalue weighted by Gasteiger charge is -2.23. The molecule has 3 rings (SSSR count). The molecule has 6 nitrogen and oxygen atoms in total. The van der Waals surface area contributed by atoms with Gasteiger partial charge in [-0.1, -0.05) is 18.2 Å². The highest BCUT2D eigenvalue weighted by atomic mass is 16.5. The quantitative estimate of drug-likeness (QED) is 0.649. The highest BCUT2D eigenvalue weighted by Crippen LogP contribution is 2.22. The first-order valence-corrected chi connectivity index (χ1v) is 7.35. The third-order valence-corrected chi connectivity index (χ3v) is 3.80. The Morgan fingerprint density at radius 1 is 1.29 bits per heavy atom. The van der Waals surface area contributed by atoms with E-state index in [0.29, 0.717) is 6.54 Å². The van der Waals surface area contributed by atoms with E-state index in [1.807, 2.05) is 30.5 Å². The van der Waals surface area contributed by atoms with Crippen LogP contribution in [0.3, 0.4) is 0 Å². The summed E-state index contributed by atoms with van der Waals surface area (Å²) < 4.78 is 5.31. The number of morpholine rings is 1. The Hall–Kier alpha value is -2.05. The summed E-state index contributed by atoms with van der Waals surface area (Å²) in [5.41, 5.74) is 1.83. The second kappa shape index (κ2) is 6.60. The lowest BCUT2D eigenvalue weighted by molar-refractivity contribution is -0.906. The van der Waals surface area contributed by atoms with E-state index in [1.165, 1.54) is 4.90 Å². The van der Waals surface area contributed by atoms with Crippen molar-refractivity contribution >= 4 is 22.6 Å². The minimum absolute atomic E-state index is 0.160. The van der Waals surface area contributed by atoms with Gasteiger partial charge in [-0.15, -0.1) is 0 Å². The van der Waals surface area contributed by atoms with Gasteiger partial charge < -0.3 is 25.3 Å². The average molecular weight is 289 g/mol. The molecule has 0 radical (unpaired) electrons. The molecule has 0 unspecified atom stereocenters. The molecule has 2 heterocycles. The van der Waals surface area contributed by atoms with Gasteiger partial charge in [0.25, 0.3) is 0 Å². The van der Waals surface area contributed by atoms with Gasteiger partial charge >= 0.3 is 6.03 Å². The molecule has 1 fully saturated rings. The SMILES string of the molecule is O=C(NCC[NH+]1CCOCC1)Nc1c[nH]c2ccccc12. The van der Waals surface area contributed by atoms with Gasteiger partial charge in [-0.25, -0.2) is 4.79 Å². The molecule has 112 valence electrons. The maximum absolute atomic E-state index is 11.9. The molecule has 6 heteroatoms. The first-order chi connectivity index (χ1) is 10.3. The van der Waals surface area contributed by atoms with Crippen LogP contribution in [-0.2, 0) is 4.74 Å². The predicted molar refractivity (Wildman–Crippen MR) is 81.7 cm³/mol. The highest BCUT2D eigenvalue weighted by molar-refractivity contribution is 6.00. The Kier molecular flexibility index (Phi) is 4.37. The van der Waals surface area contributed by atoms with Crippen LogP contribution in [0.15, 0.2) is 30.5 Å². The molecule has 1 saturated heterocycles. The molecule has 1 aliphatic heterocycles. The van der Waals surface area contributed by atoms with Crippen molar-refractivity contribution in [2.75, 3.05) is 44.7 Å². The van der Waals surface area contributed by atoms with Crippen LogP contribution in [0.1, 0.15) is 0 Å². The normalized spacial score (nSPS) is 16.0. The number of quaternary nitrogens is 1. The topological polar surface area (TPSA) is 70.6 Å². The van der Waals surface area contributed by atoms with Crippen LogP contribution >= 0.6 is 0 Å². The number of aromatic nitrogens is 1. The van der Waals surface area contributed by atoms with Crippen LogP contribution in [0.2, 0.25) is 0 Å². The third kappa shape index (κ3) is 3.53. The van der Waals surface area contributed by atoms with Crippen molar-refractivity contribution in [2.24, 2.45) is 0 Å². The van der Waals surface area contributed by atoms with Gasteiger partial charge in [0.05, 0.1) is 32.0 Å². The van der Waals surface area contributed by atoms with Gasteiger partial charge in [-0.3, -0.25) is 0 Å². The second-order valence-electron chi connectivity index (χ2n) is 5.24. The predicted octanol–water partition coefficient (Wildman–Crippen LogP) is 0.205. The van der Waals surface area contributed by atoms with Crippen LogP contribution in [0.5, 0.6) is 0 Å².